The van der Waals surface area contributed by atoms with Crippen LogP contribution >= 0.6 is 0 Å². The highest BCUT2D eigenvalue weighted by molar-refractivity contribution is 7.89. The molecule has 1 aliphatic rings. The number of carbonyl (C=O) groups excluding carboxylic acids is 1. The largest absolute Gasteiger partial charge is 0.355 e. The van der Waals surface area contributed by atoms with Crippen molar-refractivity contribution in [3.63, 3.8) is 0 Å². The molecule has 1 aromatic heterocycles. The van der Waals surface area contributed by atoms with Gasteiger partial charge in [-0.1, -0.05) is 19.8 Å². The molecule has 1 aliphatic heterocycles. The second-order valence-electron chi connectivity index (χ2n) is 7.51. The number of fused-ring (bicyclic) bond motifs is 1. The number of hydrogen-bond acceptors (Lipinski definition) is 5. The first kappa shape index (κ1) is 21.4. The molecule has 3 rings (SSSR count). The molecule has 2 aromatic rings. The van der Waals surface area contributed by atoms with Gasteiger partial charge in [-0.05, 0) is 44.4 Å². The molecule has 0 bridgehead atoms. The Hall–Kier alpha value is -2.26. The normalized spacial score (nSPS) is 18.1. The Bertz CT molecular complexity index is 1050. The summed E-state index contributed by atoms with van der Waals surface area (Å²) in [7, 11) is -3.62. The van der Waals surface area contributed by atoms with Crippen LogP contribution in [0, 0.1) is 0 Å². The standard InChI is InChI=1S/C20H28N4O4S/c1-3-4-10-21-19(25)14-23-18-9-8-17(12-16(18)13-22-20(23)26)29(27,28)24-11-6-5-7-15(24)2/h8-9,12-13,15H,3-7,10-11,14H2,1-2H3,(H,21,25)/t15-/m1/s1. The van der Waals surface area contributed by atoms with E-state index in [4.69, 9.17) is 0 Å². The van der Waals surface area contributed by atoms with Gasteiger partial charge in [0.05, 0.1) is 10.4 Å². The van der Waals surface area contributed by atoms with Crippen LogP contribution in [-0.4, -0.2) is 47.3 Å². The number of piperidine rings is 1. The zero-order valence-electron chi connectivity index (χ0n) is 16.9. The van der Waals surface area contributed by atoms with Crippen molar-refractivity contribution in [2.45, 2.75) is 63.4 Å². The molecule has 8 nitrogen and oxygen atoms in total. The summed E-state index contributed by atoms with van der Waals surface area (Å²) >= 11 is 0. The molecule has 9 heteroatoms. The number of benzene rings is 1. The molecule has 1 saturated heterocycles. The molecule has 0 unspecified atom stereocenters. The van der Waals surface area contributed by atoms with E-state index in [-0.39, 0.29) is 23.4 Å². The Morgan fingerprint density at radius 1 is 1.31 bits per heavy atom. The predicted octanol–water partition coefficient (Wildman–Crippen LogP) is 1.88. The van der Waals surface area contributed by atoms with E-state index in [1.165, 1.54) is 22.9 Å². The average molecular weight is 421 g/mol. The van der Waals surface area contributed by atoms with Crippen molar-refractivity contribution < 1.29 is 13.2 Å². The first-order valence-electron chi connectivity index (χ1n) is 10.1. The van der Waals surface area contributed by atoms with Crippen LogP contribution in [0.1, 0.15) is 46.0 Å². The predicted molar refractivity (Wildman–Crippen MR) is 111 cm³/mol. The second kappa shape index (κ2) is 9.04. The number of sulfonamides is 1. The molecule has 0 radical (unpaired) electrons. The van der Waals surface area contributed by atoms with Gasteiger partial charge in [-0.15, -0.1) is 0 Å². The summed E-state index contributed by atoms with van der Waals surface area (Å²) in [4.78, 5) is 28.4. The van der Waals surface area contributed by atoms with Crippen LogP contribution in [0.4, 0.5) is 0 Å². The van der Waals surface area contributed by atoms with E-state index >= 15 is 0 Å². The van der Waals surface area contributed by atoms with Crippen LogP contribution < -0.4 is 11.0 Å². The van der Waals surface area contributed by atoms with Gasteiger partial charge in [-0.3, -0.25) is 9.36 Å². The van der Waals surface area contributed by atoms with Crippen LogP contribution in [0.25, 0.3) is 10.9 Å². The molecular formula is C20H28N4O4S. The highest BCUT2D eigenvalue weighted by Crippen LogP contribution is 2.26. The Labute approximate surface area is 171 Å². The van der Waals surface area contributed by atoms with Gasteiger partial charge in [-0.25, -0.2) is 18.2 Å². The maximum Gasteiger partial charge on any atom is 0.348 e. The van der Waals surface area contributed by atoms with E-state index in [9.17, 15) is 18.0 Å². The smallest absolute Gasteiger partial charge is 0.348 e. The van der Waals surface area contributed by atoms with Crippen molar-refractivity contribution in [1.29, 1.82) is 0 Å². The van der Waals surface area contributed by atoms with E-state index in [1.54, 1.807) is 10.4 Å². The molecule has 0 saturated carbocycles. The maximum atomic E-state index is 13.1. The summed E-state index contributed by atoms with van der Waals surface area (Å²) in [6.45, 7) is 4.87. The van der Waals surface area contributed by atoms with Crippen molar-refractivity contribution in [3.8, 4) is 0 Å². The highest BCUT2D eigenvalue weighted by Gasteiger charge is 2.31. The van der Waals surface area contributed by atoms with Crippen LogP contribution in [-0.2, 0) is 21.4 Å². The van der Waals surface area contributed by atoms with E-state index in [1.807, 2.05) is 13.8 Å². The number of amides is 1. The number of rotatable bonds is 7. The molecule has 0 spiro atoms. The lowest BCUT2D eigenvalue weighted by Crippen LogP contribution is -2.41. The monoisotopic (exact) mass is 420 g/mol. The number of unbranched alkanes of at least 4 members (excludes halogenated alkanes) is 1. The fourth-order valence-electron chi connectivity index (χ4n) is 3.66. The summed E-state index contributed by atoms with van der Waals surface area (Å²) < 4.78 is 29.0. The summed E-state index contributed by atoms with van der Waals surface area (Å²) in [6, 6.07) is 4.58. The van der Waals surface area contributed by atoms with Crippen molar-refractivity contribution in [2.75, 3.05) is 13.1 Å². The van der Waals surface area contributed by atoms with E-state index < -0.39 is 15.7 Å². The van der Waals surface area contributed by atoms with E-state index in [0.717, 1.165) is 32.1 Å². The van der Waals surface area contributed by atoms with Crippen LogP contribution in [0.15, 0.2) is 34.1 Å². The first-order chi connectivity index (χ1) is 13.8. The molecule has 1 atom stereocenters. The summed E-state index contributed by atoms with van der Waals surface area (Å²) in [5, 5.41) is 3.29. The molecule has 1 amide bonds. The summed E-state index contributed by atoms with van der Waals surface area (Å²) in [5.74, 6) is -0.270. The summed E-state index contributed by atoms with van der Waals surface area (Å²) in [6.07, 6.45) is 5.92. The molecule has 158 valence electrons. The Kier molecular flexibility index (Phi) is 6.69. The topological polar surface area (TPSA) is 101 Å². The molecule has 1 aromatic carbocycles. The maximum absolute atomic E-state index is 13.1. The molecule has 2 heterocycles. The van der Waals surface area contributed by atoms with Crippen LogP contribution in [0.2, 0.25) is 0 Å². The number of carbonyl (C=O) groups is 1. The molecule has 29 heavy (non-hydrogen) atoms. The van der Waals surface area contributed by atoms with E-state index in [2.05, 4.69) is 10.3 Å². The van der Waals surface area contributed by atoms with Gasteiger partial charge in [0.2, 0.25) is 15.9 Å². The molecule has 1 fully saturated rings. The van der Waals surface area contributed by atoms with Gasteiger partial charge < -0.3 is 5.32 Å². The number of nitrogens with one attached hydrogen (secondary N) is 1. The average Bonchev–Trinajstić information content (AvgIpc) is 2.70. The fraction of sp³-hybridized carbons (Fsp3) is 0.550. The molecular weight excluding hydrogens is 392 g/mol. The van der Waals surface area contributed by atoms with Gasteiger partial charge in [0.15, 0.2) is 0 Å². The van der Waals surface area contributed by atoms with E-state index in [0.29, 0.717) is 24.0 Å². The van der Waals surface area contributed by atoms with Crippen molar-refractivity contribution in [3.05, 3.63) is 34.9 Å². The highest BCUT2D eigenvalue weighted by atomic mass is 32.2. The van der Waals surface area contributed by atoms with Gasteiger partial charge in [0.25, 0.3) is 0 Å². The van der Waals surface area contributed by atoms with Gasteiger partial charge in [0, 0.05) is 30.7 Å². The third-order valence-electron chi connectivity index (χ3n) is 5.34. The van der Waals surface area contributed by atoms with Gasteiger partial charge >= 0.3 is 5.69 Å². The minimum Gasteiger partial charge on any atom is -0.355 e. The Morgan fingerprint density at radius 3 is 2.83 bits per heavy atom. The van der Waals surface area contributed by atoms with Crippen LogP contribution in [0.5, 0.6) is 0 Å². The SMILES string of the molecule is CCCCNC(=O)Cn1c(=O)ncc2cc(S(=O)(=O)N3CCCC[C@H]3C)ccc21. The summed E-state index contributed by atoms with van der Waals surface area (Å²) in [5.41, 5.74) is -0.0512. The molecule has 0 aliphatic carbocycles. The lowest BCUT2D eigenvalue weighted by molar-refractivity contribution is -0.121. The fourth-order valence-corrected chi connectivity index (χ4v) is 5.40. The third kappa shape index (κ3) is 4.67. The van der Waals surface area contributed by atoms with Crippen molar-refractivity contribution in [1.82, 2.24) is 19.2 Å². The lowest BCUT2D eigenvalue weighted by Gasteiger charge is -2.32. The van der Waals surface area contributed by atoms with Gasteiger partial charge in [-0.2, -0.15) is 4.31 Å². The number of aromatic nitrogens is 2. The first-order valence-corrected chi connectivity index (χ1v) is 11.6. The van der Waals surface area contributed by atoms with Gasteiger partial charge in [0.1, 0.15) is 6.54 Å². The van der Waals surface area contributed by atoms with Crippen LogP contribution in [0.3, 0.4) is 0 Å². The zero-order chi connectivity index (χ0) is 21.0. The minimum atomic E-state index is -3.62. The number of nitrogens with zero attached hydrogens (tertiary/aromatic N) is 3. The molecule has 1 N–H and O–H groups in total. The van der Waals surface area contributed by atoms with Crippen molar-refractivity contribution in [2.24, 2.45) is 0 Å². The third-order valence-corrected chi connectivity index (χ3v) is 7.35. The zero-order valence-corrected chi connectivity index (χ0v) is 17.7. The minimum absolute atomic E-state index is 0.0386. The lowest BCUT2D eigenvalue weighted by atomic mass is 10.1. The Morgan fingerprint density at radius 2 is 2.10 bits per heavy atom. The van der Waals surface area contributed by atoms with Crippen molar-refractivity contribution >= 4 is 26.8 Å². The Balaban J connectivity index is 1.92. The quantitative estimate of drug-likeness (QED) is 0.689. The number of hydrogen-bond donors (Lipinski definition) is 1. The second-order valence-corrected chi connectivity index (χ2v) is 9.40.